The average Bonchev–Trinajstić information content (AvgIpc) is 2.49. The molecule has 0 spiro atoms. The highest BCUT2D eigenvalue weighted by molar-refractivity contribution is 5.86. The van der Waals surface area contributed by atoms with Gasteiger partial charge in [0.15, 0.2) is 0 Å². The molecule has 0 radical (unpaired) electrons. The Hall–Kier alpha value is -1.88. The summed E-state index contributed by atoms with van der Waals surface area (Å²) in [7, 11) is 0. The molecule has 5 heteroatoms. The smallest absolute Gasteiger partial charge is 0.242 e. The zero-order valence-corrected chi connectivity index (χ0v) is 13.0. The maximum Gasteiger partial charge on any atom is 0.242 e. The minimum Gasteiger partial charge on any atom is -0.347 e. The van der Waals surface area contributed by atoms with Gasteiger partial charge in [-0.1, -0.05) is 37.3 Å². The third kappa shape index (κ3) is 5.55. The van der Waals surface area contributed by atoms with Crippen molar-refractivity contribution >= 4 is 11.8 Å². The molecule has 0 heterocycles. The van der Waals surface area contributed by atoms with Crippen LogP contribution < -0.4 is 11.1 Å². The van der Waals surface area contributed by atoms with Gasteiger partial charge in [0, 0.05) is 25.0 Å². The molecule has 0 saturated carbocycles. The van der Waals surface area contributed by atoms with Crippen LogP contribution >= 0.6 is 0 Å². The van der Waals surface area contributed by atoms with Crippen LogP contribution in [-0.2, 0) is 16.1 Å². The van der Waals surface area contributed by atoms with Crippen molar-refractivity contribution in [2.24, 2.45) is 11.7 Å². The number of benzene rings is 1. The van der Waals surface area contributed by atoms with Crippen molar-refractivity contribution in [2.45, 2.75) is 33.4 Å². The molecule has 116 valence electrons. The molecule has 0 bridgehead atoms. The van der Waals surface area contributed by atoms with E-state index in [1.807, 2.05) is 37.3 Å². The lowest BCUT2D eigenvalue weighted by Crippen LogP contribution is -2.44. The van der Waals surface area contributed by atoms with E-state index in [9.17, 15) is 9.59 Å². The highest BCUT2D eigenvalue weighted by Crippen LogP contribution is 2.04. The molecule has 2 amide bonds. The second-order valence-corrected chi connectivity index (χ2v) is 5.26. The molecule has 5 nitrogen and oxygen atoms in total. The van der Waals surface area contributed by atoms with Gasteiger partial charge in [-0.15, -0.1) is 0 Å². The minimum absolute atomic E-state index is 0.0105. The molecule has 0 saturated heterocycles. The van der Waals surface area contributed by atoms with Gasteiger partial charge in [0.1, 0.15) is 0 Å². The van der Waals surface area contributed by atoms with Crippen molar-refractivity contribution in [3.05, 3.63) is 35.9 Å². The normalized spacial score (nSPS) is 13.3. The molecule has 0 fully saturated rings. The quantitative estimate of drug-likeness (QED) is 0.791. The van der Waals surface area contributed by atoms with Crippen molar-refractivity contribution in [1.29, 1.82) is 0 Å². The van der Waals surface area contributed by atoms with Gasteiger partial charge in [0.05, 0.1) is 6.54 Å². The maximum atomic E-state index is 12.2. The van der Waals surface area contributed by atoms with E-state index >= 15 is 0 Å². The summed E-state index contributed by atoms with van der Waals surface area (Å²) in [5.74, 6) is -0.581. The monoisotopic (exact) mass is 291 g/mol. The van der Waals surface area contributed by atoms with Crippen LogP contribution in [0.15, 0.2) is 30.3 Å². The molecule has 2 atom stereocenters. The number of rotatable bonds is 7. The maximum absolute atomic E-state index is 12.2. The van der Waals surface area contributed by atoms with E-state index in [0.29, 0.717) is 13.1 Å². The van der Waals surface area contributed by atoms with E-state index in [4.69, 9.17) is 5.73 Å². The lowest BCUT2D eigenvalue weighted by Gasteiger charge is -2.22. The highest BCUT2D eigenvalue weighted by Gasteiger charge is 2.19. The van der Waals surface area contributed by atoms with Gasteiger partial charge >= 0.3 is 0 Å². The number of nitrogens with two attached hydrogens (primary N) is 1. The Morgan fingerprint density at radius 1 is 1.24 bits per heavy atom. The lowest BCUT2D eigenvalue weighted by atomic mass is 10.0. The Kier molecular flexibility index (Phi) is 6.88. The van der Waals surface area contributed by atoms with Crippen molar-refractivity contribution in [2.75, 3.05) is 13.1 Å². The first kappa shape index (κ1) is 17.2. The van der Waals surface area contributed by atoms with Gasteiger partial charge in [0.2, 0.25) is 11.8 Å². The Bertz CT molecular complexity index is 460. The summed E-state index contributed by atoms with van der Waals surface area (Å²) in [6.07, 6.45) is 0. The van der Waals surface area contributed by atoms with Gasteiger partial charge in [-0.25, -0.2) is 0 Å². The van der Waals surface area contributed by atoms with Crippen LogP contribution in [0.4, 0.5) is 0 Å². The van der Waals surface area contributed by atoms with Crippen molar-refractivity contribution in [1.82, 2.24) is 10.2 Å². The van der Waals surface area contributed by atoms with Crippen molar-refractivity contribution in [3.8, 4) is 0 Å². The van der Waals surface area contributed by atoms with Crippen LogP contribution in [0.5, 0.6) is 0 Å². The molecule has 0 aliphatic rings. The van der Waals surface area contributed by atoms with E-state index in [0.717, 1.165) is 5.56 Å². The van der Waals surface area contributed by atoms with Crippen LogP contribution in [0.1, 0.15) is 26.3 Å². The minimum atomic E-state index is -0.304. The topological polar surface area (TPSA) is 75.4 Å². The van der Waals surface area contributed by atoms with Gasteiger partial charge in [-0.3, -0.25) is 9.59 Å². The van der Waals surface area contributed by atoms with Crippen LogP contribution in [0.2, 0.25) is 0 Å². The Labute approximate surface area is 126 Å². The largest absolute Gasteiger partial charge is 0.347 e. The fourth-order valence-corrected chi connectivity index (χ4v) is 1.85. The van der Waals surface area contributed by atoms with Crippen molar-refractivity contribution in [3.63, 3.8) is 0 Å². The standard InChI is InChI=1S/C16H25N3O2/c1-4-19(11-14-8-6-5-7-9-14)15(20)10-18-16(21)12(2)13(3)17/h5-9,12-13H,4,10-11,17H2,1-3H3,(H,18,21). The summed E-state index contributed by atoms with van der Waals surface area (Å²) in [5, 5.41) is 2.65. The molecule has 1 aromatic carbocycles. The Morgan fingerprint density at radius 3 is 2.38 bits per heavy atom. The predicted molar refractivity (Wildman–Crippen MR) is 83.4 cm³/mol. The predicted octanol–water partition coefficient (Wildman–Crippen LogP) is 1.13. The number of hydrogen-bond donors (Lipinski definition) is 2. The molecular formula is C16H25N3O2. The summed E-state index contributed by atoms with van der Waals surface area (Å²) in [5.41, 5.74) is 6.75. The molecule has 0 aliphatic heterocycles. The molecular weight excluding hydrogens is 266 g/mol. The number of likely N-dealkylation sites (N-methyl/N-ethyl adjacent to an activating group) is 1. The second kappa shape index (κ2) is 8.42. The molecule has 2 unspecified atom stereocenters. The van der Waals surface area contributed by atoms with E-state index in [1.54, 1.807) is 18.7 Å². The molecule has 0 aliphatic carbocycles. The van der Waals surface area contributed by atoms with Gasteiger partial charge in [0.25, 0.3) is 0 Å². The third-order valence-corrected chi connectivity index (χ3v) is 3.57. The van der Waals surface area contributed by atoms with E-state index < -0.39 is 0 Å². The fourth-order valence-electron chi connectivity index (χ4n) is 1.85. The first-order valence-corrected chi connectivity index (χ1v) is 7.30. The van der Waals surface area contributed by atoms with Gasteiger partial charge in [-0.05, 0) is 19.4 Å². The second-order valence-electron chi connectivity index (χ2n) is 5.26. The molecule has 3 N–H and O–H groups in total. The number of carbonyl (C=O) groups is 2. The van der Waals surface area contributed by atoms with Gasteiger partial charge in [-0.2, -0.15) is 0 Å². The number of nitrogens with one attached hydrogen (secondary N) is 1. The summed E-state index contributed by atoms with van der Waals surface area (Å²) in [6.45, 7) is 6.62. The van der Waals surface area contributed by atoms with Crippen LogP contribution in [0.25, 0.3) is 0 Å². The average molecular weight is 291 g/mol. The van der Waals surface area contributed by atoms with E-state index in [-0.39, 0.29) is 30.3 Å². The number of carbonyl (C=O) groups excluding carboxylic acids is 2. The number of nitrogens with zero attached hydrogens (tertiary/aromatic N) is 1. The summed E-state index contributed by atoms with van der Waals surface area (Å²) in [6, 6.07) is 9.56. The van der Waals surface area contributed by atoms with E-state index in [1.165, 1.54) is 0 Å². The van der Waals surface area contributed by atoms with Crippen LogP contribution in [0.3, 0.4) is 0 Å². The Balaban J connectivity index is 2.50. The third-order valence-electron chi connectivity index (χ3n) is 3.57. The lowest BCUT2D eigenvalue weighted by molar-refractivity contribution is -0.134. The first-order valence-electron chi connectivity index (χ1n) is 7.30. The molecule has 1 aromatic rings. The van der Waals surface area contributed by atoms with Crippen LogP contribution in [-0.4, -0.2) is 35.8 Å². The SMILES string of the molecule is CCN(Cc1ccccc1)C(=O)CNC(=O)C(C)C(C)N. The fraction of sp³-hybridized carbons (Fsp3) is 0.500. The molecule has 0 aromatic heterocycles. The Morgan fingerprint density at radius 2 is 1.86 bits per heavy atom. The molecule has 1 rings (SSSR count). The summed E-state index contributed by atoms with van der Waals surface area (Å²) < 4.78 is 0. The van der Waals surface area contributed by atoms with Gasteiger partial charge < -0.3 is 16.0 Å². The number of amides is 2. The summed E-state index contributed by atoms with van der Waals surface area (Å²) in [4.78, 5) is 25.7. The first-order chi connectivity index (χ1) is 9.95. The summed E-state index contributed by atoms with van der Waals surface area (Å²) >= 11 is 0. The molecule has 21 heavy (non-hydrogen) atoms. The van der Waals surface area contributed by atoms with Crippen LogP contribution in [0, 0.1) is 5.92 Å². The zero-order chi connectivity index (χ0) is 15.8. The van der Waals surface area contributed by atoms with Crippen molar-refractivity contribution < 1.29 is 9.59 Å². The highest BCUT2D eigenvalue weighted by atomic mass is 16.2. The number of hydrogen-bond acceptors (Lipinski definition) is 3. The zero-order valence-electron chi connectivity index (χ0n) is 13.0. The van der Waals surface area contributed by atoms with E-state index in [2.05, 4.69) is 5.32 Å².